The third-order valence-electron chi connectivity index (χ3n) is 2.45. The monoisotopic (exact) mass is 403 g/mol. The molecule has 1 rings (SSSR count). The number of halogens is 3. The molecule has 1 aromatic carbocycles. The summed E-state index contributed by atoms with van der Waals surface area (Å²) in [5.74, 6) is -1.71. The number of carboxylic acid groups (broad SMARTS) is 1. The molecular formula is C11H12BrCl2NO4S. The van der Waals surface area contributed by atoms with Crippen LogP contribution in [0.25, 0.3) is 0 Å². The van der Waals surface area contributed by atoms with Crippen molar-refractivity contribution in [2.75, 3.05) is 0 Å². The normalized spacial score (nSPS) is 13.5. The van der Waals surface area contributed by atoms with Crippen LogP contribution in [-0.2, 0) is 14.8 Å². The van der Waals surface area contributed by atoms with Gasteiger partial charge in [0, 0.05) is 4.47 Å². The SMILES string of the molecule is CC(C)C(NS(=O)(=O)c1c(Cl)cc(Br)cc1Cl)C(=O)O. The molecule has 0 bridgehead atoms. The van der Waals surface area contributed by atoms with E-state index < -0.39 is 28.0 Å². The standard InChI is InChI=1S/C11H12BrCl2NO4S/c1-5(2)9(11(16)17)15-20(18,19)10-7(13)3-6(12)4-8(10)14/h3-5,9,15H,1-2H3,(H,16,17). The Balaban J connectivity index is 3.28. The number of carbonyl (C=O) groups is 1. The molecular weight excluding hydrogens is 393 g/mol. The zero-order chi connectivity index (χ0) is 15.7. The van der Waals surface area contributed by atoms with Crippen LogP contribution in [0.4, 0.5) is 0 Å². The Labute approximate surface area is 135 Å². The molecule has 0 aliphatic carbocycles. The highest BCUT2D eigenvalue weighted by Gasteiger charge is 2.30. The van der Waals surface area contributed by atoms with E-state index in [1.165, 1.54) is 12.1 Å². The fourth-order valence-electron chi connectivity index (χ4n) is 1.48. The third kappa shape index (κ3) is 4.08. The van der Waals surface area contributed by atoms with Crippen LogP contribution < -0.4 is 4.72 Å². The first kappa shape index (κ1) is 17.7. The summed E-state index contributed by atoms with van der Waals surface area (Å²) in [6.45, 7) is 3.18. The van der Waals surface area contributed by atoms with Crippen LogP contribution in [0.2, 0.25) is 10.0 Å². The van der Waals surface area contributed by atoms with Crippen LogP contribution in [0, 0.1) is 5.92 Å². The van der Waals surface area contributed by atoms with E-state index in [9.17, 15) is 13.2 Å². The lowest BCUT2D eigenvalue weighted by molar-refractivity contribution is -0.140. The molecule has 0 amide bonds. The summed E-state index contributed by atoms with van der Waals surface area (Å²) >= 11 is 14.9. The lowest BCUT2D eigenvalue weighted by Crippen LogP contribution is -2.44. The van der Waals surface area contributed by atoms with Crippen LogP contribution >= 0.6 is 39.1 Å². The third-order valence-corrected chi connectivity index (χ3v) is 5.27. The zero-order valence-electron chi connectivity index (χ0n) is 10.5. The molecule has 5 nitrogen and oxygen atoms in total. The van der Waals surface area contributed by atoms with Crippen molar-refractivity contribution in [1.82, 2.24) is 4.72 Å². The summed E-state index contributed by atoms with van der Waals surface area (Å²) in [5.41, 5.74) is 0. The molecule has 0 aromatic heterocycles. The van der Waals surface area contributed by atoms with Crippen LogP contribution in [0.3, 0.4) is 0 Å². The first-order valence-corrected chi connectivity index (χ1v) is 8.49. The summed E-state index contributed by atoms with van der Waals surface area (Å²) in [4.78, 5) is 10.7. The molecule has 0 heterocycles. The molecule has 112 valence electrons. The van der Waals surface area contributed by atoms with Gasteiger partial charge in [-0.05, 0) is 18.1 Å². The van der Waals surface area contributed by atoms with Crippen molar-refractivity contribution in [3.8, 4) is 0 Å². The Kier molecular flexibility index (Phi) is 5.86. The second-order valence-electron chi connectivity index (χ2n) is 4.38. The summed E-state index contributed by atoms with van der Waals surface area (Å²) in [7, 11) is -4.14. The number of rotatable bonds is 5. The summed E-state index contributed by atoms with van der Waals surface area (Å²) in [5, 5.41) is 8.85. The maximum Gasteiger partial charge on any atom is 0.322 e. The summed E-state index contributed by atoms with van der Waals surface area (Å²) in [6.07, 6.45) is 0. The molecule has 0 aliphatic heterocycles. The van der Waals surface area contributed by atoms with Crippen molar-refractivity contribution >= 4 is 55.1 Å². The van der Waals surface area contributed by atoms with Crippen molar-refractivity contribution in [2.24, 2.45) is 5.92 Å². The average molecular weight is 405 g/mol. The molecule has 2 N–H and O–H groups in total. The Morgan fingerprint density at radius 2 is 1.75 bits per heavy atom. The smallest absolute Gasteiger partial charge is 0.322 e. The summed E-state index contributed by atoms with van der Waals surface area (Å²) in [6, 6.07) is 1.47. The first-order chi connectivity index (χ1) is 9.06. The topological polar surface area (TPSA) is 83.5 Å². The van der Waals surface area contributed by atoms with Gasteiger partial charge in [0.2, 0.25) is 10.0 Å². The molecule has 0 radical (unpaired) electrons. The maximum atomic E-state index is 12.2. The van der Waals surface area contributed by atoms with E-state index >= 15 is 0 Å². The minimum atomic E-state index is -4.14. The highest BCUT2D eigenvalue weighted by atomic mass is 79.9. The average Bonchev–Trinajstić information content (AvgIpc) is 2.23. The van der Waals surface area contributed by atoms with E-state index in [1.54, 1.807) is 13.8 Å². The zero-order valence-corrected chi connectivity index (χ0v) is 14.4. The van der Waals surface area contributed by atoms with Gasteiger partial charge < -0.3 is 5.11 Å². The number of aliphatic carboxylic acids is 1. The molecule has 1 atom stereocenters. The van der Waals surface area contributed by atoms with E-state index in [2.05, 4.69) is 20.7 Å². The number of carboxylic acids is 1. The predicted molar refractivity (Wildman–Crippen MR) is 80.7 cm³/mol. The van der Waals surface area contributed by atoms with Gasteiger partial charge in [0.15, 0.2) is 0 Å². The van der Waals surface area contributed by atoms with Gasteiger partial charge in [-0.2, -0.15) is 4.72 Å². The van der Waals surface area contributed by atoms with Gasteiger partial charge in [-0.15, -0.1) is 0 Å². The second kappa shape index (κ2) is 6.62. The molecule has 0 saturated carbocycles. The van der Waals surface area contributed by atoms with Crippen molar-refractivity contribution in [3.63, 3.8) is 0 Å². The van der Waals surface area contributed by atoms with Gasteiger partial charge in [0.1, 0.15) is 10.9 Å². The van der Waals surface area contributed by atoms with Crippen LogP contribution in [0.15, 0.2) is 21.5 Å². The van der Waals surface area contributed by atoms with E-state index in [-0.39, 0.29) is 14.9 Å². The molecule has 1 aromatic rings. The number of hydrogen-bond acceptors (Lipinski definition) is 3. The number of nitrogens with one attached hydrogen (secondary N) is 1. The van der Waals surface area contributed by atoms with E-state index in [0.29, 0.717) is 4.47 Å². The molecule has 9 heteroatoms. The lowest BCUT2D eigenvalue weighted by Gasteiger charge is -2.19. The molecule has 20 heavy (non-hydrogen) atoms. The Morgan fingerprint density at radius 3 is 2.10 bits per heavy atom. The second-order valence-corrected chi connectivity index (χ2v) is 7.76. The van der Waals surface area contributed by atoms with Crippen LogP contribution in [0.1, 0.15) is 13.8 Å². The van der Waals surface area contributed by atoms with E-state index in [4.69, 9.17) is 28.3 Å². The van der Waals surface area contributed by atoms with Gasteiger partial charge >= 0.3 is 5.97 Å². The number of benzene rings is 1. The highest BCUT2D eigenvalue weighted by Crippen LogP contribution is 2.33. The van der Waals surface area contributed by atoms with Gasteiger partial charge in [-0.25, -0.2) is 8.42 Å². The predicted octanol–water partition coefficient (Wildman–Crippen LogP) is 3.14. The summed E-state index contributed by atoms with van der Waals surface area (Å²) < 4.78 is 27.1. The first-order valence-electron chi connectivity index (χ1n) is 5.46. The molecule has 0 spiro atoms. The molecule has 1 unspecified atom stereocenters. The van der Waals surface area contributed by atoms with Crippen molar-refractivity contribution in [2.45, 2.75) is 24.8 Å². The van der Waals surface area contributed by atoms with Gasteiger partial charge in [-0.1, -0.05) is 53.0 Å². The Hall–Kier alpha value is -0.340. The van der Waals surface area contributed by atoms with Gasteiger partial charge in [0.05, 0.1) is 10.0 Å². The van der Waals surface area contributed by atoms with Crippen molar-refractivity contribution in [3.05, 3.63) is 26.7 Å². The van der Waals surface area contributed by atoms with E-state index in [0.717, 1.165) is 0 Å². The minimum absolute atomic E-state index is 0.0928. The maximum absolute atomic E-state index is 12.2. The van der Waals surface area contributed by atoms with Crippen LogP contribution in [0.5, 0.6) is 0 Å². The van der Waals surface area contributed by atoms with Gasteiger partial charge in [-0.3, -0.25) is 4.79 Å². The molecule has 0 fully saturated rings. The molecule has 0 aliphatic rings. The van der Waals surface area contributed by atoms with Crippen molar-refractivity contribution < 1.29 is 18.3 Å². The fourth-order valence-corrected chi connectivity index (χ4v) is 4.76. The van der Waals surface area contributed by atoms with E-state index in [1.807, 2.05) is 0 Å². The fraction of sp³-hybridized carbons (Fsp3) is 0.364. The highest BCUT2D eigenvalue weighted by molar-refractivity contribution is 9.10. The van der Waals surface area contributed by atoms with Crippen LogP contribution in [-0.4, -0.2) is 25.5 Å². The Bertz CT molecular complexity index is 610. The lowest BCUT2D eigenvalue weighted by atomic mass is 10.1. The number of sulfonamides is 1. The number of hydrogen-bond donors (Lipinski definition) is 2. The quantitative estimate of drug-likeness (QED) is 0.789. The van der Waals surface area contributed by atoms with Crippen molar-refractivity contribution in [1.29, 1.82) is 0 Å². The molecule has 0 saturated heterocycles. The Morgan fingerprint density at radius 1 is 1.30 bits per heavy atom. The van der Waals surface area contributed by atoms with Gasteiger partial charge in [0.25, 0.3) is 0 Å². The largest absolute Gasteiger partial charge is 0.480 e. The minimum Gasteiger partial charge on any atom is -0.480 e.